The van der Waals surface area contributed by atoms with Gasteiger partial charge in [0.15, 0.2) is 4.80 Å². The predicted octanol–water partition coefficient (Wildman–Crippen LogP) is 4.19. The van der Waals surface area contributed by atoms with Crippen LogP contribution in [0.15, 0.2) is 34.6 Å². The van der Waals surface area contributed by atoms with Crippen molar-refractivity contribution in [1.82, 2.24) is 4.57 Å². The lowest BCUT2D eigenvalue weighted by Gasteiger charge is -2.06. The number of thiophene rings is 1. The first-order chi connectivity index (χ1) is 10.7. The molecule has 22 heavy (non-hydrogen) atoms. The van der Waals surface area contributed by atoms with Crippen molar-refractivity contribution in [2.45, 2.75) is 13.5 Å². The van der Waals surface area contributed by atoms with Crippen molar-refractivity contribution in [3.05, 3.63) is 44.3 Å². The highest BCUT2D eigenvalue weighted by atomic mass is 35.5. The molecule has 0 spiro atoms. The van der Waals surface area contributed by atoms with E-state index in [9.17, 15) is 4.79 Å². The van der Waals surface area contributed by atoms with Gasteiger partial charge in [0.1, 0.15) is 11.3 Å². The van der Waals surface area contributed by atoms with Crippen molar-refractivity contribution < 1.29 is 9.53 Å². The molecule has 3 rings (SSSR count). The molecule has 0 unspecified atom stereocenters. The highest BCUT2D eigenvalue weighted by Gasteiger charge is 2.14. The molecule has 0 atom stereocenters. The largest absolute Gasteiger partial charge is 0.495 e. The van der Waals surface area contributed by atoms with E-state index >= 15 is 0 Å². The molecule has 0 aliphatic rings. The second-order valence-electron chi connectivity index (χ2n) is 4.45. The van der Waals surface area contributed by atoms with Crippen LogP contribution in [0.3, 0.4) is 0 Å². The molecule has 0 N–H and O–H groups in total. The van der Waals surface area contributed by atoms with Crippen LogP contribution in [-0.2, 0) is 6.54 Å². The maximum Gasteiger partial charge on any atom is 0.289 e. The van der Waals surface area contributed by atoms with E-state index in [1.807, 2.05) is 29.0 Å². The van der Waals surface area contributed by atoms with Crippen molar-refractivity contribution in [3.8, 4) is 5.75 Å². The number of carbonyl (C=O) groups is 1. The number of amides is 1. The Labute approximate surface area is 140 Å². The van der Waals surface area contributed by atoms with E-state index in [2.05, 4.69) is 4.99 Å². The summed E-state index contributed by atoms with van der Waals surface area (Å²) in [6.07, 6.45) is 0. The molecule has 114 valence electrons. The Morgan fingerprint density at radius 2 is 2.23 bits per heavy atom. The molecule has 0 aliphatic carbocycles. The van der Waals surface area contributed by atoms with Crippen LogP contribution in [0.2, 0.25) is 5.02 Å². The third-order valence-electron chi connectivity index (χ3n) is 3.21. The van der Waals surface area contributed by atoms with Crippen LogP contribution in [0.5, 0.6) is 5.75 Å². The molecule has 0 saturated heterocycles. The molecule has 0 saturated carbocycles. The number of ether oxygens (including phenoxy) is 1. The average Bonchev–Trinajstić information content (AvgIpc) is 3.15. The third-order valence-corrected chi connectivity index (χ3v) is 5.60. The van der Waals surface area contributed by atoms with Crippen molar-refractivity contribution in [2.24, 2.45) is 4.99 Å². The maximum atomic E-state index is 12.2. The molecule has 2 heterocycles. The molecule has 7 heteroatoms. The lowest BCUT2D eigenvalue weighted by molar-refractivity contribution is 0.100. The number of thiazole rings is 1. The third kappa shape index (κ3) is 2.58. The van der Waals surface area contributed by atoms with Gasteiger partial charge in [-0.15, -0.1) is 11.3 Å². The molecular formula is C15H13ClN2O2S2. The van der Waals surface area contributed by atoms with E-state index in [1.54, 1.807) is 19.2 Å². The van der Waals surface area contributed by atoms with Crippen LogP contribution in [0.4, 0.5) is 0 Å². The van der Waals surface area contributed by atoms with Gasteiger partial charge in [0.05, 0.1) is 21.7 Å². The number of aromatic nitrogens is 1. The number of hydrogen-bond acceptors (Lipinski definition) is 4. The normalized spacial score (nSPS) is 12.0. The first-order valence-electron chi connectivity index (χ1n) is 6.64. The highest BCUT2D eigenvalue weighted by Crippen LogP contribution is 2.33. The van der Waals surface area contributed by atoms with E-state index in [0.717, 1.165) is 16.0 Å². The van der Waals surface area contributed by atoms with Crippen molar-refractivity contribution in [2.75, 3.05) is 7.11 Å². The second-order valence-corrected chi connectivity index (χ2v) is 6.78. The summed E-state index contributed by atoms with van der Waals surface area (Å²) in [7, 11) is 1.62. The Balaban J connectivity index is 2.26. The summed E-state index contributed by atoms with van der Waals surface area (Å²) < 4.78 is 8.25. The zero-order valence-electron chi connectivity index (χ0n) is 12.0. The fourth-order valence-electron chi connectivity index (χ4n) is 2.21. The molecular weight excluding hydrogens is 340 g/mol. The minimum absolute atomic E-state index is 0.237. The van der Waals surface area contributed by atoms with Gasteiger partial charge in [-0.1, -0.05) is 29.0 Å². The summed E-state index contributed by atoms with van der Waals surface area (Å²) in [4.78, 5) is 17.7. The maximum absolute atomic E-state index is 12.2. The summed E-state index contributed by atoms with van der Waals surface area (Å²) >= 11 is 9.06. The zero-order valence-corrected chi connectivity index (χ0v) is 14.4. The minimum atomic E-state index is -0.237. The highest BCUT2D eigenvalue weighted by molar-refractivity contribution is 7.17. The van der Waals surface area contributed by atoms with Crippen LogP contribution in [0, 0.1) is 0 Å². The molecule has 4 nitrogen and oxygen atoms in total. The Bertz CT molecular complexity index is 894. The van der Waals surface area contributed by atoms with E-state index in [4.69, 9.17) is 16.3 Å². The quantitative estimate of drug-likeness (QED) is 0.709. The van der Waals surface area contributed by atoms with Crippen LogP contribution >= 0.6 is 34.3 Å². The number of aryl methyl sites for hydroxylation is 1. The Morgan fingerprint density at radius 3 is 2.86 bits per heavy atom. The van der Waals surface area contributed by atoms with Gasteiger partial charge in [-0.2, -0.15) is 4.99 Å². The molecule has 3 aromatic rings. The van der Waals surface area contributed by atoms with Crippen molar-refractivity contribution in [1.29, 1.82) is 0 Å². The first-order valence-corrected chi connectivity index (χ1v) is 8.71. The molecule has 0 bridgehead atoms. The summed E-state index contributed by atoms with van der Waals surface area (Å²) in [5.41, 5.74) is 0.875. The molecule has 0 aliphatic heterocycles. The van der Waals surface area contributed by atoms with Gasteiger partial charge in [0, 0.05) is 6.54 Å². The number of fused-ring (bicyclic) bond motifs is 1. The smallest absolute Gasteiger partial charge is 0.289 e. The van der Waals surface area contributed by atoms with Gasteiger partial charge in [-0.3, -0.25) is 4.79 Å². The number of methoxy groups -OCH3 is 1. The summed E-state index contributed by atoms with van der Waals surface area (Å²) in [6.45, 7) is 2.67. The fourth-order valence-corrected chi connectivity index (χ4v) is 4.20. The number of rotatable bonds is 3. The van der Waals surface area contributed by atoms with Gasteiger partial charge in [0.25, 0.3) is 5.91 Å². The van der Waals surface area contributed by atoms with Gasteiger partial charge >= 0.3 is 0 Å². The van der Waals surface area contributed by atoms with Gasteiger partial charge < -0.3 is 9.30 Å². The van der Waals surface area contributed by atoms with Gasteiger partial charge in [0.2, 0.25) is 0 Å². The Morgan fingerprint density at radius 1 is 1.41 bits per heavy atom. The molecule has 1 aromatic carbocycles. The summed E-state index contributed by atoms with van der Waals surface area (Å²) in [6, 6.07) is 7.23. The average molecular weight is 353 g/mol. The van der Waals surface area contributed by atoms with E-state index < -0.39 is 0 Å². The lowest BCUT2D eigenvalue weighted by atomic mass is 10.3. The van der Waals surface area contributed by atoms with E-state index in [0.29, 0.717) is 21.2 Å². The number of carbonyl (C=O) groups excluding carboxylic acids is 1. The summed E-state index contributed by atoms with van der Waals surface area (Å²) in [5, 5.41) is 2.49. The van der Waals surface area contributed by atoms with Gasteiger partial charge in [-0.05, 0) is 30.5 Å². The Hall–Kier alpha value is -1.63. The lowest BCUT2D eigenvalue weighted by Crippen LogP contribution is -2.15. The van der Waals surface area contributed by atoms with Crippen molar-refractivity contribution >= 4 is 50.4 Å². The van der Waals surface area contributed by atoms with Gasteiger partial charge in [-0.25, -0.2) is 0 Å². The minimum Gasteiger partial charge on any atom is -0.495 e. The fraction of sp³-hybridized carbons (Fsp3) is 0.200. The van der Waals surface area contributed by atoms with Crippen LogP contribution in [0.25, 0.3) is 10.2 Å². The molecule has 0 radical (unpaired) electrons. The topological polar surface area (TPSA) is 43.6 Å². The second kappa shape index (κ2) is 6.24. The first kappa shape index (κ1) is 15.3. The van der Waals surface area contributed by atoms with E-state index in [1.165, 1.54) is 22.7 Å². The van der Waals surface area contributed by atoms with E-state index in [-0.39, 0.29) is 5.91 Å². The molecule has 2 aromatic heterocycles. The van der Waals surface area contributed by atoms with Crippen LogP contribution in [0.1, 0.15) is 16.6 Å². The molecule has 0 fully saturated rings. The van der Waals surface area contributed by atoms with Crippen molar-refractivity contribution in [3.63, 3.8) is 0 Å². The predicted molar refractivity (Wildman–Crippen MR) is 91.3 cm³/mol. The Kier molecular flexibility index (Phi) is 4.33. The zero-order chi connectivity index (χ0) is 15.7. The standard InChI is InChI=1S/C15H13ClN2O2S2/c1-3-18-12-10(20-2)7-6-9(16)13(12)22-15(18)17-14(19)11-5-4-8-21-11/h4-8H,3H2,1-2H3. The van der Waals surface area contributed by atoms with Crippen LogP contribution in [-0.4, -0.2) is 17.6 Å². The number of hydrogen-bond donors (Lipinski definition) is 0. The number of benzene rings is 1. The SMILES string of the molecule is CCn1c(=NC(=O)c2cccs2)sc2c(Cl)ccc(OC)c21. The number of halogens is 1. The molecule has 1 amide bonds. The number of nitrogens with zero attached hydrogens (tertiary/aromatic N) is 2. The summed E-state index contributed by atoms with van der Waals surface area (Å²) in [5.74, 6) is 0.487. The van der Waals surface area contributed by atoms with Crippen LogP contribution < -0.4 is 9.54 Å². The monoisotopic (exact) mass is 352 g/mol.